The summed E-state index contributed by atoms with van der Waals surface area (Å²) in [6.07, 6.45) is 0. The molecule has 1 aliphatic rings. The molecule has 1 heterocycles. The number of para-hydroxylation sites is 1. The van der Waals surface area contributed by atoms with Crippen LogP contribution in [-0.4, -0.2) is 0 Å². The normalized spacial score (nSPS) is 21.3. The molecule has 2 rings (SSSR count). The van der Waals surface area contributed by atoms with E-state index in [2.05, 4.69) is 0 Å². The van der Waals surface area contributed by atoms with Crippen molar-refractivity contribution in [3.8, 4) is 5.75 Å². The fourth-order valence-corrected chi connectivity index (χ4v) is 2.23. The van der Waals surface area contributed by atoms with Gasteiger partial charge in [-0.2, -0.15) is 0 Å². The molecule has 12 heavy (non-hydrogen) atoms. The van der Waals surface area contributed by atoms with E-state index in [9.17, 15) is 0 Å². The van der Waals surface area contributed by atoms with Crippen LogP contribution >= 0.6 is 19.0 Å². The first-order valence-electron chi connectivity index (χ1n) is 3.62. The molecule has 4 heteroatoms. The number of benzene rings is 1. The second kappa shape index (κ2) is 3.21. The minimum absolute atomic E-state index is 0.562. The summed E-state index contributed by atoms with van der Waals surface area (Å²) in [5, 5.41) is 0. The van der Waals surface area contributed by atoms with Crippen molar-refractivity contribution < 1.29 is 9.05 Å². The Morgan fingerprint density at radius 3 is 3.17 bits per heavy atom. The van der Waals surface area contributed by atoms with Crippen molar-refractivity contribution in [2.24, 2.45) is 0 Å². The number of aryl methyl sites for hydroxylation is 1. The predicted molar refractivity (Wildman–Crippen MR) is 49.4 cm³/mol. The summed E-state index contributed by atoms with van der Waals surface area (Å²) in [7, 11) is -1.22. The third kappa shape index (κ3) is 1.42. The summed E-state index contributed by atoms with van der Waals surface area (Å²) in [5.41, 5.74) is 2.19. The number of hydrogen-bond acceptors (Lipinski definition) is 2. The van der Waals surface area contributed by atoms with E-state index >= 15 is 0 Å². The van der Waals surface area contributed by atoms with Crippen molar-refractivity contribution in [3.63, 3.8) is 0 Å². The SMILES string of the molecule is Cc1cccc2c1OP(Cl)OC2. The maximum absolute atomic E-state index is 5.74. The lowest BCUT2D eigenvalue weighted by Crippen LogP contribution is -2.02. The Bertz CT molecular complexity index is 303. The number of rotatable bonds is 0. The zero-order chi connectivity index (χ0) is 8.55. The Morgan fingerprint density at radius 2 is 2.33 bits per heavy atom. The Balaban J connectivity index is 2.43. The van der Waals surface area contributed by atoms with Crippen molar-refractivity contribution in [1.29, 1.82) is 0 Å². The van der Waals surface area contributed by atoms with Gasteiger partial charge in [0.15, 0.2) is 0 Å². The minimum atomic E-state index is -1.22. The van der Waals surface area contributed by atoms with Crippen LogP contribution in [0.25, 0.3) is 0 Å². The Labute approximate surface area is 77.2 Å². The molecule has 64 valence electrons. The zero-order valence-corrected chi connectivity index (χ0v) is 8.23. The molecule has 0 N–H and O–H groups in total. The monoisotopic (exact) mass is 202 g/mol. The lowest BCUT2D eigenvalue weighted by Gasteiger charge is -2.21. The highest BCUT2D eigenvalue weighted by molar-refractivity contribution is 7.76. The molecule has 0 amide bonds. The van der Waals surface area contributed by atoms with E-state index in [0.717, 1.165) is 16.9 Å². The predicted octanol–water partition coefficient (Wildman–Crippen LogP) is 3.37. The third-order valence-corrected chi connectivity index (χ3v) is 2.94. The molecule has 1 aromatic rings. The van der Waals surface area contributed by atoms with Gasteiger partial charge in [-0.05, 0) is 23.7 Å². The fraction of sp³-hybridized carbons (Fsp3) is 0.250. The highest BCUT2D eigenvalue weighted by atomic mass is 35.7. The van der Waals surface area contributed by atoms with Crippen LogP contribution in [0.1, 0.15) is 11.1 Å². The van der Waals surface area contributed by atoms with E-state index in [1.807, 2.05) is 25.1 Å². The Hall–Kier alpha value is -0.300. The molecule has 1 aliphatic heterocycles. The summed E-state index contributed by atoms with van der Waals surface area (Å²) >= 11 is 5.74. The molecule has 1 atom stereocenters. The van der Waals surface area contributed by atoms with Gasteiger partial charge in [0, 0.05) is 5.56 Å². The molecule has 0 aliphatic carbocycles. The maximum Gasteiger partial charge on any atom is 0.338 e. The van der Waals surface area contributed by atoms with Crippen LogP contribution in [-0.2, 0) is 11.1 Å². The van der Waals surface area contributed by atoms with E-state index in [1.54, 1.807) is 0 Å². The average molecular weight is 203 g/mol. The number of hydrogen-bond donors (Lipinski definition) is 0. The zero-order valence-electron chi connectivity index (χ0n) is 6.58. The van der Waals surface area contributed by atoms with Gasteiger partial charge in [0.1, 0.15) is 5.75 Å². The highest BCUT2D eigenvalue weighted by Gasteiger charge is 2.20. The number of fused-ring (bicyclic) bond motifs is 1. The van der Waals surface area contributed by atoms with Gasteiger partial charge in [-0.15, -0.1) is 0 Å². The first-order chi connectivity index (χ1) is 5.77. The molecule has 0 aromatic heterocycles. The first kappa shape index (κ1) is 8.31. The van der Waals surface area contributed by atoms with Gasteiger partial charge < -0.3 is 9.05 Å². The van der Waals surface area contributed by atoms with Gasteiger partial charge in [0.05, 0.1) is 6.61 Å². The minimum Gasteiger partial charge on any atom is -0.435 e. The second-order valence-electron chi connectivity index (χ2n) is 2.64. The lowest BCUT2D eigenvalue weighted by atomic mass is 10.1. The van der Waals surface area contributed by atoms with E-state index in [-0.39, 0.29) is 0 Å². The van der Waals surface area contributed by atoms with Crippen molar-refractivity contribution in [2.75, 3.05) is 0 Å². The molecule has 2 nitrogen and oxygen atoms in total. The molecule has 0 fully saturated rings. The lowest BCUT2D eigenvalue weighted by molar-refractivity contribution is 0.287. The molecule has 1 aromatic carbocycles. The Kier molecular flexibility index (Phi) is 2.22. The molecular formula is C8H8ClO2P. The molecule has 0 spiro atoms. The summed E-state index contributed by atoms with van der Waals surface area (Å²) in [6.45, 7) is 2.57. The van der Waals surface area contributed by atoms with Crippen molar-refractivity contribution >= 4 is 19.0 Å². The van der Waals surface area contributed by atoms with Gasteiger partial charge in [-0.1, -0.05) is 18.2 Å². The summed E-state index contributed by atoms with van der Waals surface area (Å²) in [5.74, 6) is 0.893. The van der Waals surface area contributed by atoms with Crippen LogP contribution in [0.15, 0.2) is 18.2 Å². The quantitative estimate of drug-likeness (QED) is 0.601. The van der Waals surface area contributed by atoms with Crippen LogP contribution < -0.4 is 4.52 Å². The molecule has 0 saturated heterocycles. The molecular weight excluding hydrogens is 195 g/mol. The largest absolute Gasteiger partial charge is 0.435 e. The average Bonchev–Trinajstić information content (AvgIpc) is 2.07. The Morgan fingerprint density at radius 1 is 1.50 bits per heavy atom. The highest BCUT2D eigenvalue weighted by Crippen LogP contribution is 2.50. The van der Waals surface area contributed by atoms with Crippen LogP contribution in [0.2, 0.25) is 0 Å². The van der Waals surface area contributed by atoms with Crippen molar-refractivity contribution in [1.82, 2.24) is 0 Å². The van der Waals surface area contributed by atoms with Gasteiger partial charge in [-0.25, -0.2) is 0 Å². The number of halogens is 1. The maximum atomic E-state index is 5.74. The van der Waals surface area contributed by atoms with Crippen LogP contribution in [0.5, 0.6) is 5.75 Å². The van der Waals surface area contributed by atoms with E-state index in [0.29, 0.717) is 6.61 Å². The second-order valence-corrected chi connectivity index (χ2v) is 4.33. The van der Waals surface area contributed by atoms with E-state index < -0.39 is 7.73 Å². The summed E-state index contributed by atoms with van der Waals surface area (Å²) < 4.78 is 10.5. The molecule has 0 radical (unpaired) electrons. The van der Waals surface area contributed by atoms with E-state index in [1.165, 1.54) is 0 Å². The fourth-order valence-electron chi connectivity index (χ4n) is 1.18. The molecule has 1 unspecified atom stereocenters. The summed E-state index contributed by atoms with van der Waals surface area (Å²) in [6, 6.07) is 5.98. The third-order valence-electron chi connectivity index (χ3n) is 1.78. The first-order valence-corrected chi connectivity index (χ1v) is 5.71. The standard InChI is InChI=1S/C8H8ClO2P/c1-6-3-2-4-7-5-10-12(9)11-8(6)7/h2-4H,5H2,1H3. The van der Waals surface area contributed by atoms with Crippen LogP contribution in [0.3, 0.4) is 0 Å². The van der Waals surface area contributed by atoms with Gasteiger partial charge in [0.25, 0.3) is 0 Å². The van der Waals surface area contributed by atoms with Gasteiger partial charge in [-0.3, -0.25) is 0 Å². The van der Waals surface area contributed by atoms with Gasteiger partial charge >= 0.3 is 7.73 Å². The topological polar surface area (TPSA) is 18.5 Å². The van der Waals surface area contributed by atoms with Gasteiger partial charge in [0.2, 0.25) is 0 Å². The smallest absolute Gasteiger partial charge is 0.338 e. The van der Waals surface area contributed by atoms with Crippen molar-refractivity contribution in [2.45, 2.75) is 13.5 Å². The van der Waals surface area contributed by atoms with E-state index in [4.69, 9.17) is 20.3 Å². The van der Waals surface area contributed by atoms with Crippen LogP contribution in [0, 0.1) is 6.92 Å². The molecule has 0 bridgehead atoms. The van der Waals surface area contributed by atoms with Crippen LogP contribution in [0.4, 0.5) is 0 Å². The summed E-state index contributed by atoms with van der Waals surface area (Å²) in [4.78, 5) is 0. The van der Waals surface area contributed by atoms with Crippen molar-refractivity contribution in [3.05, 3.63) is 29.3 Å². The molecule has 0 saturated carbocycles.